The summed E-state index contributed by atoms with van der Waals surface area (Å²) in [4.78, 5) is 42.8. The summed E-state index contributed by atoms with van der Waals surface area (Å²) in [5.74, 6) is -0.660. The predicted molar refractivity (Wildman–Crippen MR) is 125 cm³/mol. The van der Waals surface area contributed by atoms with Crippen molar-refractivity contribution in [2.45, 2.75) is 0 Å². The van der Waals surface area contributed by atoms with Gasteiger partial charge >= 0.3 is 11.7 Å². The molecular formula is C22H14Cl2N4O4. The van der Waals surface area contributed by atoms with Gasteiger partial charge < -0.3 is 10.4 Å². The van der Waals surface area contributed by atoms with Crippen LogP contribution < -0.4 is 16.6 Å². The fourth-order valence-electron chi connectivity index (χ4n) is 3.15. The highest BCUT2D eigenvalue weighted by Crippen LogP contribution is 2.29. The second-order valence-corrected chi connectivity index (χ2v) is 7.41. The van der Waals surface area contributed by atoms with Crippen LogP contribution in [0.5, 0.6) is 5.88 Å². The molecule has 0 saturated carbocycles. The zero-order valence-electron chi connectivity index (χ0n) is 16.2. The zero-order chi connectivity index (χ0) is 22.8. The first-order valence-electron chi connectivity index (χ1n) is 9.22. The quantitative estimate of drug-likeness (QED) is 0.387. The SMILES string of the molecule is O=C(N=Cc1c(O)n(-c2cccc3ccccc23)c(=O)[nH]c1=O)Nc1cccc(Cl)c1Cl. The number of amides is 2. The van der Waals surface area contributed by atoms with Crippen LogP contribution in [0.25, 0.3) is 16.5 Å². The number of urea groups is 1. The lowest BCUT2D eigenvalue weighted by Gasteiger charge is -2.12. The summed E-state index contributed by atoms with van der Waals surface area (Å²) in [6, 6.07) is 16.2. The van der Waals surface area contributed by atoms with Gasteiger partial charge in [0.25, 0.3) is 5.56 Å². The van der Waals surface area contributed by atoms with E-state index in [0.717, 1.165) is 16.2 Å². The molecule has 10 heteroatoms. The molecule has 0 aliphatic rings. The predicted octanol–water partition coefficient (Wildman–Crippen LogP) is 4.34. The lowest BCUT2D eigenvalue weighted by Crippen LogP contribution is -2.31. The molecular weight excluding hydrogens is 455 g/mol. The minimum absolute atomic E-state index is 0.128. The Morgan fingerprint density at radius 2 is 1.75 bits per heavy atom. The minimum atomic E-state index is -0.902. The number of nitrogens with zero attached hydrogens (tertiary/aromatic N) is 2. The molecule has 0 fully saturated rings. The lowest BCUT2D eigenvalue weighted by molar-refractivity contribution is 0.259. The molecule has 0 unspecified atom stereocenters. The van der Waals surface area contributed by atoms with Crippen LogP contribution in [0.3, 0.4) is 0 Å². The highest BCUT2D eigenvalue weighted by molar-refractivity contribution is 6.44. The van der Waals surface area contributed by atoms with Crippen LogP contribution in [0.4, 0.5) is 10.5 Å². The smallest absolute Gasteiger partial charge is 0.345 e. The van der Waals surface area contributed by atoms with Crippen LogP contribution in [0, 0.1) is 0 Å². The fraction of sp³-hybridized carbons (Fsp3) is 0. The van der Waals surface area contributed by atoms with Crippen molar-refractivity contribution in [1.82, 2.24) is 9.55 Å². The Morgan fingerprint density at radius 3 is 2.56 bits per heavy atom. The molecule has 0 bridgehead atoms. The van der Waals surface area contributed by atoms with Gasteiger partial charge in [0, 0.05) is 5.39 Å². The third-order valence-corrected chi connectivity index (χ3v) is 5.45. The molecule has 0 atom stereocenters. The zero-order valence-corrected chi connectivity index (χ0v) is 17.7. The van der Waals surface area contributed by atoms with Crippen LogP contribution in [0.1, 0.15) is 5.56 Å². The Balaban J connectivity index is 1.74. The molecule has 0 spiro atoms. The van der Waals surface area contributed by atoms with E-state index in [1.807, 2.05) is 18.2 Å². The summed E-state index contributed by atoms with van der Waals surface area (Å²) < 4.78 is 0.941. The third-order valence-electron chi connectivity index (χ3n) is 4.63. The number of carbonyl (C=O) groups is 1. The summed E-state index contributed by atoms with van der Waals surface area (Å²) in [6.07, 6.45) is 0.864. The number of H-pyrrole nitrogens is 1. The van der Waals surface area contributed by atoms with Crippen LogP contribution in [-0.2, 0) is 0 Å². The molecule has 8 nitrogen and oxygen atoms in total. The summed E-state index contributed by atoms with van der Waals surface area (Å²) in [5, 5.41) is 15.0. The van der Waals surface area contributed by atoms with E-state index in [9.17, 15) is 19.5 Å². The number of hydrogen-bond acceptors (Lipinski definition) is 4. The molecule has 4 rings (SSSR count). The molecule has 3 N–H and O–H groups in total. The van der Waals surface area contributed by atoms with Crippen molar-refractivity contribution in [3.05, 3.63) is 97.1 Å². The number of aromatic hydroxyl groups is 1. The average Bonchev–Trinajstić information content (AvgIpc) is 2.76. The van der Waals surface area contributed by atoms with Crippen molar-refractivity contribution in [2.24, 2.45) is 4.99 Å². The van der Waals surface area contributed by atoms with E-state index in [-0.39, 0.29) is 21.3 Å². The number of carbonyl (C=O) groups excluding carboxylic acids is 1. The van der Waals surface area contributed by atoms with E-state index in [0.29, 0.717) is 11.1 Å². The number of anilines is 1. The van der Waals surface area contributed by atoms with Crippen LogP contribution in [0.15, 0.2) is 75.2 Å². The maximum Gasteiger partial charge on any atom is 0.345 e. The monoisotopic (exact) mass is 468 g/mol. The standard InChI is InChI=1S/C22H14Cl2N4O4/c23-15-8-4-9-16(18(15)24)26-21(31)25-11-14-19(29)27-22(32)28(20(14)30)17-10-3-6-12-5-1-2-7-13(12)17/h1-11,30H,(H,26,31)(H,27,29,32). The molecule has 2 amide bonds. The summed E-state index contributed by atoms with van der Waals surface area (Å²) >= 11 is 11.9. The van der Waals surface area contributed by atoms with Gasteiger partial charge in [0.05, 0.1) is 27.6 Å². The van der Waals surface area contributed by atoms with Gasteiger partial charge in [-0.25, -0.2) is 19.1 Å². The van der Waals surface area contributed by atoms with Gasteiger partial charge in [-0.2, -0.15) is 0 Å². The van der Waals surface area contributed by atoms with Gasteiger partial charge in [0.2, 0.25) is 5.88 Å². The summed E-state index contributed by atoms with van der Waals surface area (Å²) in [6.45, 7) is 0. The molecule has 1 aromatic heterocycles. The van der Waals surface area contributed by atoms with E-state index in [2.05, 4.69) is 15.3 Å². The summed E-state index contributed by atoms with van der Waals surface area (Å²) in [7, 11) is 0. The first-order chi connectivity index (χ1) is 15.4. The Hall–Kier alpha value is -3.88. The maximum atomic E-state index is 12.5. The highest BCUT2D eigenvalue weighted by atomic mass is 35.5. The van der Waals surface area contributed by atoms with Gasteiger partial charge in [-0.15, -0.1) is 0 Å². The molecule has 0 aliphatic heterocycles. The third kappa shape index (κ3) is 4.01. The highest BCUT2D eigenvalue weighted by Gasteiger charge is 2.16. The Labute approximate surface area is 190 Å². The van der Waals surface area contributed by atoms with E-state index in [1.54, 1.807) is 36.4 Å². The molecule has 0 aliphatic carbocycles. The van der Waals surface area contributed by atoms with E-state index in [1.165, 1.54) is 6.07 Å². The first-order valence-corrected chi connectivity index (χ1v) is 9.98. The van der Waals surface area contributed by atoms with E-state index < -0.39 is 23.2 Å². The van der Waals surface area contributed by atoms with Gasteiger partial charge in [0.1, 0.15) is 5.56 Å². The lowest BCUT2D eigenvalue weighted by atomic mass is 10.1. The second-order valence-electron chi connectivity index (χ2n) is 6.62. The van der Waals surface area contributed by atoms with Crippen LogP contribution in [0.2, 0.25) is 10.0 Å². The number of rotatable bonds is 3. The molecule has 160 valence electrons. The molecule has 0 saturated heterocycles. The normalized spacial score (nSPS) is 11.2. The van der Waals surface area contributed by atoms with Crippen molar-refractivity contribution >= 4 is 51.9 Å². The number of aliphatic imine (C=N–C) groups is 1. The Bertz CT molecular complexity index is 1500. The van der Waals surface area contributed by atoms with Crippen molar-refractivity contribution < 1.29 is 9.90 Å². The molecule has 4 aromatic rings. The van der Waals surface area contributed by atoms with Gasteiger partial charge in [0.15, 0.2) is 0 Å². The number of halogens is 2. The minimum Gasteiger partial charge on any atom is -0.493 e. The molecule has 3 aromatic carbocycles. The van der Waals surface area contributed by atoms with E-state index in [4.69, 9.17) is 23.2 Å². The van der Waals surface area contributed by atoms with E-state index >= 15 is 0 Å². The largest absolute Gasteiger partial charge is 0.493 e. The number of aromatic nitrogens is 2. The fourth-order valence-corrected chi connectivity index (χ4v) is 3.50. The molecule has 1 heterocycles. The molecule has 0 radical (unpaired) electrons. The number of fused-ring (bicyclic) bond motifs is 1. The van der Waals surface area contributed by atoms with Gasteiger partial charge in [-0.3, -0.25) is 9.78 Å². The topological polar surface area (TPSA) is 117 Å². The van der Waals surface area contributed by atoms with Crippen molar-refractivity contribution in [1.29, 1.82) is 0 Å². The van der Waals surface area contributed by atoms with Crippen molar-refractivity contribution in [2.75, 3.05) is 5.32 Å². The first kappa shape index (κ1) is 21.4. The van der Waals surface area contributed by atoms with Crippen LogP contribution >= 0.6 is 23.2 Å². The Morgan fingerprint density at radius 1 is 1.03 bits per heavy atom. The number of aromatic amines is 1. The number of nitrogens with one attached hydrogen (secondary N) is 2. The van der Waals surface area contributed by atoms with Crippen molar-refractivity contribution in [3.8, 4) is 11.6 Å². The average molecular weight is 469 g/mol. The van der Waals surface area contributed by atoms with Crippen molar-refractivity contribution in [3.63, 3.8) is 0 Å². The second kappa shape index (κ2) is 8.70. The van der Waals surface area contributed by atoms with Gasteiger partial charge in [-0.1, -0.05) is 65.7 Å². The number of hydrogen-bond donors (Lipinski definition) is 3. The Kier molecular flexibility index (Phi) is 5.81. The number of benzene rings is 3. The molecule has 32 heavy (non-hydrogen) atoms. The summed E-state index contributed by atoms with van der Waals surface area (Å²) in [5.41, 5.74) is -1.53. The van der Waals surface area contributed by atoms with Gasteiger partial charge in [-0.05, 0) is 23.6 Å². The van der Waals surface area contributed by atoms with Crippen LogP contribution in [-0.4, -0.2) is 26.9 Å². The maximum absolute atomic E-state index is 12.5.